The molecule has 208 valence electrons. The van der Waals surface area contributed by atoms with E-state index < -0.39 is 17.6 Å². The number of fused-ring (bicyclic) bond motifs is 1. The average Bonchev–Trinajstić information content (AvgIpc) is 3.53. The third kappa shape index (κ3) is 6.04. The van der Waals surface area contributed by atoms with Gasteiger partial charge in [0.05, 0.1) is 30.7 Å². The molecular weight excluding hydrogens is 521 g/mol. The van der Waals surface area contributed by atoms with Crippen molar-refractivity contribution in [3.63, 3.8) is 0 Å². The number of rotatable bonds is 8. The van der Waals surface area contributed by atoms with Gasteiger partial charge in [0.1, 0.15) is 5.82 Å². The van der Waals surface area contributed by atoms with Gasteiger partial charge < -0.3 is 30.2 Å². The summed E-state index contributed by atoms with van der Waals surface area (Å²) < 4.78 is 47.5. The molecule has 1 aliphatic heterocycles. The number of hydrogen-bond acceptors (Lipinski definition) is 5. The van der Waals surface area contributed by atoms with Crippen molar-refractivity contribution in [3.05, 3.63) is 99.9 Å². The Bertz CT molecular complexity index is 1580. The first-order valence-corrected chi connectivity index (χ1v) is 12.6. The summed E-state index contributed by atoms with van der Waals surface area (Å²) in [5.74, 6) is 0.303. The highest BCUT2D eigenvalue weighted by molar-refractivity contribution is 6.04. The number of nitrogens with one attached hydrogen (secondary N) is 4. The monoisotopic (exact) mass is 550 g/mol. The number of carbonyl (C=O) groups is 1. The summed E-state index contributed by atoms with van der Waals surface area (Å²) in [6, 6.07) is 10.7. The summed E-state index contributed by atoms with van der Waals surface area (Å²) >= 11 is 0. The first kappa shape index (κ1) is 27.1. The lowest BCUT2D eigenvalue weighted by atomic mass is 10.1. The van der Waals surface area contributed by atoms with Crippen LogP contribution in [0, 0.1) is 13.8 Å². The molecule has 0 saturated carbocycles. The van der Waals surface area contributed by atoms with E-state index in [0.29, 0.717) is 31.1 Å². The molecule has 0 aliphatic carbocycles. The van der Waals surface area contributed by atoms with Crippen LogP contribution < -0.4 is 16.0 Å². The van der Waals surface area contributed by atoms with Gasteiger partial charge in [-0.15, -0.1) is 0 Å². The molecule has 2 aromatic heterocycles. The number of carbonyl (C=O) groups excluding carboxylic acids is 1. The highest BCUT2D eigenvalue weighted by Gasteiger charge is 2.32. The number of aromatic nitrogens is 3. The molecular formula is C29H29F3N6O2. The first-order valence-electron chi connectivity index (χ1n) is 12.6. The number of hydrogen-bond donors (Lipinski definition) is 4. The van der Waals surface area contributed by atoms with Crippen LogP contribution >= 0.6 is 0 Å². The van der Waals surface area contributed by atoms with E-state index in [1.54, 1.807) is 26.3 Å². The van der Waals surface area contributed by atoms with Crippen molar-refractivity contribution in [2.75, 3.05) is 24.3 Å². The van der Waals surface area contributed by atoms with Crippen molar-refractivity contribution >= 4 is 23.5 Å². The van der Waals surface area contributed by atoms with Crippen LogP contribution in [0.15, 0.2) is 60.7 Å². The van der Waals surface area contributed by atoms with Crippen LogP contribution in [0.3, 0.4) is 0 Å². The van der Waals surface area contributed by atoms with E-state index in [0.717, 1.165) is 46.0 Å². The summed E-state index contributed by atoms with van der Waals surface area (Å²) in [5, 5.41) is 9.53. The number of anilines is 2. The number of aromatic amines is 1. The number of alkyl halides is 3. The third-order valence-electron chi connectivity index (χ3n) is 6.62. The van der Waals surface area contributed by atoms with Crippen LogP contribution in [0.2, 0.25) is 0 Å². The molecule has 2 aromatic carbocycles. The topological polar surface area (TPSA) is 96.0 Å². The molecule has 0 saturated heterocycles. The number of aryl methyl sites for hydroxylation is 2. The predicted octanol–water partition coefficient (Wildman–Crippen LogP) is 5.79. The van der Waals surface area contributed by atoms with Gasteiger partial charge in [-0.2, -0.15) is 13.2 Å². The quantitative estimate of drug-likeness (QED) is 0.223. The number of ether oxygens (including phenoxy) is 1. The first-order chi connectivity index (χ1) is 19.1. The van der Waals surface area contributed by atoms with Crippen LogP contribution in [0.25, 0.3) is 11.8 Å². The molecule has 0 fully saturated rings. The van der Waals surface area contributed by atoms with Crippen LogP contribution in [-0.4, -0.2) is 34.1 Å². The molecule has 5 rings (SSSR count). The summed E-state index contributed by atoms with van der Waals surface area (Å²) in [6.07, 6.45) is 0.468. The van der Waals surface area contributed by atoms with Crippen LogP contribution in [-0.2, 0) is 24.1 Å². The van der Waals surface area contributed by atoms with E-state index in [9.17, 15) is 18.0 Å². The molecule has 40 heavy (non-hydrogen) atoms. The van der Waals surface area contributed by atoms with Gasteiger partial charge in [-0.1, -0.05) is 6.07 Å². The zero-order chi connectivity index (χ0) is 28.4. The van der Waals surface area contributed by atoms with Gasteiger partial charge >= 0.3 is 6.18 Å². The fraction of sp³-hybridized carbons (Fsp3) is 0.241. The fourth-order valence-electron chi connectivity index (χ4n) is 4.53. The molecule has 4 aromatic rings. The average molecular weight is 551 g/mol. The molecule has 0 radical (unpaired) electrons. The lowest BCUT2D eigenvalue weighted by molar-refractivity contribution is -0.137. The molecule has 0 spiro atoms. The van der Waals surface area contributed by atoms with Crippen molar-refractivity contribution in [2.45, 2.75) is 33.2 Å². The number of H-pyrrole nitrogens is 1. The Hall–Kier alpha value is -4.51. The predicted molar refractivity (Wildman–Crippen MR) is 147 cm³/mol. The Morgan fingerprint density at radius 2 is 1.98 bits per heavy atom. The van der Waals surface area contributed by atoms with Gasteiger partial charge in [-0.3, -0.25) is 4.79 Å². The lowest BCUT2D eigenvalue weighted by Crippen LogP contribution is -2.22. The van der Waals surface area contributed by atoms with E-state index in [4.69, 9.17) is 4.74 Å². The standard InChI is InChI=1S/C29H29F3N6O2/c1-17-4-5-23(9-21(17)12-33-24-7-19-8-25(15-40-3)36-27(19)34-13-24)37-28(39)20-6-22(29(30,31)32)11-26(10-20)38-14-18(2)35-16-38/h4-11,14,16,33-34,36H,12-13,15H2,1-3H3,(H,37,39). The van der Waals surface area contributed by atoms with Gasteiger partial charge in [0.15, 0.2) is 0 Å². The normalized spacial score (nSPS) is 12.9. The SMILES string of the molecule is COCc1cc2c([nH]1)NCC(NCc1cc(NC(=O)c3cc(-n4cnc(C)c4)cc(C(F)(F)F)c3)ccc1C)=C2. The fourth-order valence-corrected chi connectivity index (χ4v) is 4.53. The zero-order valence-corrected chi connectivity index (χ0v) is 22.2. The highest BCUT2D eigenvalue weighted by atomic mass is 19.4. The van der Waals surface area contributed by atoms with Gasteiger partial charge in [0.2, 0.25) is 0 Å². The summed E-state index contributed by atoms with van der Waals surface area (Å²) in [5.41, 5.74) is 5.27. The Balaban J connectivity index is 1.32. The molecule has 1 amide bonds. The van der Waals surface area contributed by atoms with Crippen LogP contribution in [0.4, 0.5) is 24.7 Å². The molecule has 0 bridgehead atoms. The molecule has 0 atom stereocenters. The molecule has 8 nitrogen and oxygen atoms in total. The Labute approximate surface area is 229 Å². The molecule has 0 unspecified atom stereocenters. The minimum absolute atomic E-state index is 0.106. The largest absolute Gasteiger partial charge is 0.416 e. The van der Waals surface area contributed by atoms with E-state index in [2.05, 4.69) is 32.0 Å². The second-order valence-electron chi connectivity index (χ2n) is 9.72. The van der Waals surface area contributed by atoms with Gasteiger partial charge in [0, 0.05) is 53.7 Å². The van der Waals surface area contributed by atoms with Crippen LogP contribution in [0.5, 0.6) is 0 Å². The number of imidazole rings is 1. The van der Waals surface area contributed by atoms with E-state index in [1.165, 1.54) is 17.0 Å². The Kier molecular flexibility index (Phi) is 7.40. The lowest BCUT2D eigenvalue weighted by Gasteiger charge is -2.18. The molecule has 1 aliphatic rings. The number of nitrogens with zero attached hydrogens (tertiary/aromatic N) is 2. The summed E-state index contributed by atoms with van der Waals surface area (Å²) in [6.45, 7) is 5.31. The van der Waals surface area contributed by atoms with E-state index >= 15 is 0 Å². The maximum Gasteiger partial charge on any atom is 0.416 e. The van der Waals surface area contributed by atoms with E-state index in [1.807, 2.05) is 25.1 Å². The number of amides is 1. The third-order valence-corrected chi connectivity index (χ3v) is 6.62. The van der Waals surface area contributed by atoms with Gasteiger partial charge in [0.25, 0.3) is 5.91 Å². The van der Waals surface area contributed by atoms with Gasteiger partial charge in [-0.05, 0) is 67.4 Å². The molecule has 3 heterocycles. The summed E-state index contributed by atoms with van der Waals surface area (Å²) in [4.78, 5) is 20.5. The maximum atomic E-state index is 13.6. The van der Waals surface area contributed by atoms with Crippen molar-refractivity contribution < 1.29 is 22.7 Å². The van der Waals surface area contributed by atoms with Crippen molar-refractivity contribution in [1.82, 2.24) is 19.9 Å². The minimum atomic E-state index is -4.61. The van der Waals surface area contributed by atoms with E-state index in [-0.39, 0.29) is 11.3 Å². The Morgan fingerprint density at radius 1 is 1.15 bits per heavy atom. The van der Waals surface area contributed by atoms with Crippen LogP contribution in [0.1, 0.15) is 44.0 Å². The van der Waals surface area contributed by atoms with Gasteiger partial charge in [-0.25, -0.2) is 4.98 Å². The van der Waals surface area contributed by atoms with Crippen molar-refractivity contribution in [3.8, 4) is 5.69 Å². The van der Waals surface area contributed by atoms with Crippen molar-refractivity contribution in [2.24, 2.45) is 0 Å². The number of halogens is 3. The second kappa shape index (κ2) is 10.9. The Morgan fingerprint density at radius 3 is 2.70 bits per heavy atom. The maximum absolute atomic E-state index is 13.6. The molecule has 4 N–H and O–H groups in total. The second-order valence-corrected chi connectivity index (χ2v) is 9.72. The van der Waals surface area contributed by atoms with Crippen molar-refractivity contribution in [1.29, 1.82) is 0 Å². The molecule has 11 heteroatoms. The smallest absolute Gasteiger partial charge is 0.383 e. The summed E-state index contributed by atoms with van der Waals surface area (Å²) in [7, 11) is 1.65. The minimum Gasteiger partial charge on any atom is -0.383 e. The highest BCUT2D eigenvalue weighted by Crippen LogP contribution is 2.32. The number of benzene rings is 2. The number of methoxy groups -OCH3 is 1. The zero-order valence-electron chi connectivity index (χ0n) is 22.2.